The van der Waals surface area contributed by atoms with Crippen LogP contribution in [0.4, 0.5) is 5.69 Å². The molecule has 0 radical (unpaired) electrons. The third-order valence-electron chi connectivity index (χ3n) is 7.03. The highest BCUT2D eigenvalue weighted by molar-refractivity contribution is 6.09. The van der Waals surface area contributed by atoms with Gasteiger partial charge in [-0.2, -0.15) is 5.10 Å². The summed E-state index contributed by atoms with van der Waals surface area (Å²) in [7, 11) is 1.90. The summed E-state index contributed by atoms with van der Waals surface area (Å²) in [6.07, 6.45) is 10.3. The van der Waals surface area contributed by atoms with Gasteiger partial charge in [-0.05, 0) is 37.3 Å². The van der Waals surface area contributed by atoms with E-state index < -0.39 is 0 Å². The third kappa shape index (κ3) is 4.57. The molecule has 0 bridgehead atoms. The molecule has 0 aromatic carbocycles. The lowest BCUT2D eigenvalue weighted by Crippen LogP contribution is -2.46. The molecule has 0 atom stereocenters. The van der Waals surface area contributed by atoms with Gasteiger partial charge in [-0.25, -0.2) is 0 Å². The van der Waals surface area contributed by atoms with Crippen LogP contribution in [-0.2, 0) is 23.0 Å². The summed E-state index contributed by atoms with van der Waals surface area (Å²) in [5, 5.41) is 17.2. The monoisotopic (exact) mass is 463 g/mol. The Balaban J connectivity index is 1.44. The van der Waals surface area contributed by atoms with E-state index in [4.69, 9.17) is 9.72 Å². The molecule has 2 N–H and O–H groups in total. The average Bonchev–Trinajstić information content (AvgIpc) is 3.30. The molecule has 0 aliphatic carbocycles. The zero-order valence-electron chi connectivity index (χ0n) is 20.0. The van der Waals surface area contributed by atoms with Crippen molar-refractivity contribution in [2.75, 3.05) is 37.7 Å². The molecule has 5 rings (SSSR count). The smallest absolute Gasteiger partial charge is 0.219 e. The van der Waals surface area contributed by atoms with Crippen molar-refractivity contribution in [1.29, 1.82) is 5.41 Å². The molecule has 0 unspecified atom stereocenters. The van der Waals surface area contributed by atoms with Crippen LogP contribution < -0.4 is 10.2 Å². The van der Waals surface area contributed by atoms with Crippen LogP contribution >= 0.6 is 0 Å². The number of amides is 1. The fraction of sp³-hybridized carbons (Fsp3) is 0.520. The maximum absolute atomic E-state index is 12.2. The summed E-state index contributed by atoms with van der Waals surface area (Å²) in [5.41, 5.74) is 6.10. The van der Waals surface area contributed by atoms with Gasteiger partial charge in [0, 0.05) is 75.8 Å². The van der Waals surface area contributed by atoms with Crippen LogP contribution in [0.3, 0.4) is 0 Å². The van der Waals surface area contributed by atoms with Crippen molar-refractivity contribution >= 4 is 17.4 Å². The molecule has 3 aliphatic rings. The number of anilines is 1. The number of carbonyl (C=O) groups is 1. The van der Waals surface area contributed by atoms with Gasteiger partial charge in [-0.15, -0.1) is 0 Å². The zero-order chi connectivity index (χ0) is 23.7. The number of fused-ring (bicyclic) bond motifs is 1. The maximum Gasteiger partial charge on any atom is 0.219 e. The van der Waals surface area contributed by atoms with Gasteiger partial charge < -0.3 is 19.9 Å². The van der Waals surface area contributed by atoms with Crippen LogP contribution in [0.15, 0.2) is 35.9 Å². The van der Waals surface area contributed by atoms with Crippen molar-refractivity contribution in [3.8, 4) is 11.3 Å². The second-order valence-electron chi connectivity index (χ2n) is 9.38. The Morgan fingerprint density at radius 3 is 2.76 bits per heavy atom. The number of ether oxygens (including phenoxy) is 1. The fourth-order valence-corrected chi connectivity index (χ4v) is 5.08. The topological polar surface area (TPSA) is 99.4 Å². The number of hydrogen-bond acceptors (Lipinski definition) is 6. The van der Waals surface area contributed by atoms with Crippen LogP contribution in [0.2, 0.25) is 0 Å². The average molecular weight is 464 g/mol. The zero-order valence-corrected chi connectivity index (χ0v) is 20.0. The van der Waals surface area contributed by atoms with E-state index in [1.165, 1.54) is 5.56 Å². The first-order chi connectivity index (χ1) is 16.5. The van der Waals surface area contributed by atoms with E-state index in [1.54, 1.807) is 11.6 Å². The molecule has 0 spiro atoms. The first-order valence-electron chi connectivity index (χ1n) is 12.2. The molecule has 34 heavy (non-hydrogen) atoms. The molecule has 1 amide bonds. The third-order valence-corrected chi connectivity index (χ3v) is 7.03. The maximum atomic E-state index is 12.2. The Bertz CT molecular complexity index is 1120. The Morgan fingerprint density at radius 1 is 1.21 bits per heavy atom. The first-order valence-corrected chi connectivity index (χ1v) is 12.2. The minimum absolute atomic E-state index is 0.0530. The molecule has 9 nitrogen and oxygen atoms in total. The SMILES string of the molecule is CC(=O)N1CCC(NC2CCOCC2)=C(C(=N)N2CCCc3cc(-c4cnn(C)c4)ncc32)C1. The molecule has 1 fully saturated rings. The highest BCUT2D eigenvalue weighted by atomic mass is 16.5. The first kappa shape index (κ1) is 22.6. The molecular weight excluding hydrogens is 430 g/mol. The second-order valence-corrected chi connectivity index (χ2v) is 9.38. The number of amidine groups is 1. The van der Waals surface area contributed by atoms with Gasteiger partial charge in [0.1, 0.15) is 5.84 Å². The van der Waals surface area contributed by atoms with Crippen LogP contribution in [0.5, 0.6) is 0 Å². The number of aryl methyl sites for hydroxylation is 2. The number of aromatic nitrogens is 3. The molecule has 2 aromatic heterocycles. The van der Waals surface area contributed by atoms with E-state index in [0.717, 1.165) is 80.1 Å². The Labute approximate surface area is 200 Å². The van der Waals surface area contributed by atoms with Gasteiger partial charge in [0.05, 0.1) is 30.3 Å². The number of rotatable bonds is 4. The number of nitrogens with one attached hydrogen (secondary N) is 2. The summed E-state index contributed by atoms with van der Waals surface area (Å²) in [6.45, 7) is 5.06. The molecule has 2 aromatic rings. The van der Waals surface area contributed by atoms with E-state index in [-0.39, 0.29) is 5.91 Å². The van der Waals surface area contributed by atoms with E-state index in [0.29, 0.717) is 25.0 Å². The Hall–Kier alpha value is -3.20. The van der Waals surface area contributed by atoms with Gasteiger partial charge in [0.2, 0.25) is 5.91 Å². The highest BCUT2D eigenvalue weighted by Crippen LogP contribution is 2.32. The Morgan fingerprint density at radius 2 is 2.03 bits per heavy atom. The largest absolute Gasteiger partial charge is 0.385 e. The molecular formula is C25H33N7O2. The number of nitrogens with zero attached hydrogens (tertiary/aromatic N) is 5. The second kappa shape index (κ2) is 9.58. The molecule has 180 valence electrons. The molecule has 1 saturated heterocycles. The summed E-state index contributed by atoms with van der Waals surface area (Å²) in [6, 6.07) is 2.48. The highest BCUT2D eigenvalue weighted by Gasteiger charge is 2.30. The van der Waals surface area contributed by atoms with Crippen molar-refractivity contribution in [3.05, 3.63) is 41.5 Å². The van der Waals surface area contributed by atoms with Crippen molar-refractivity contribution in [3.63, 3.8) is 0 Å². The van der Waals surface area contributed by atoms with Gasteiger partial charge in [0.25, 0.3) is 0 Å². The van der Waals surface area contributed by atoms with E-state index >= 15 is 0 Å². The molecule has 5 heterocycles. The van der Waals surface area contributed by atoms with Gasteiger partial charge in [0.15, 0.2) is 0 Å². The molecule has 9 heteroatoms. The lowest BCUT2D eigenvalue weighted by molar-refractivity contribution is -0.128. The predicted octanol–water partition coefficient (Wildman–Crippen LogP) is 2.49. The van der Waals surface area contributed by atoms with E-state index in [1.807, 2.05) is 30.5 Å². The fourth-order valence-electron chi connectivity index (χ4n) is 5.08. The van der Waals surface area contributed by atoms with Gasteiger partial charge >= 0.3 is 0 Å². The van der Waals surface area contributed by atoms with Gasteiger partial charge in [-0.3, -0.25) is 19.9 Å². The van der Waals surface area contributed by atoms with E-state index in [9.17, 15) is 10.2 Å². The quantitative estimate of drug-likeness (QED) is 0.534. The van der Waals surface area contributed by atoms with Crippen molar-refractivity contribution in [2.24, 2.45) is 7.05 Å². The molecule has 3 aliphatic heterocycles. The number of hydrogen-bond donors (Lipinski definition) is 2. The normalized spacial score (nSPS) is 19.2. The van der Waals surface area contributed by atoms with E-state index in [2.05, 4.69) is 21.4 Å². The van der Waals surface area contributed by atoms with Gasteiger partial charge in [-0.1, -0.05) is 0 Å². The predicted molar refractivity (Wildman–Crippen MR) is 131 cm³/mol. The van der Waals surface area contributed by atoms with Crippen molar-refractivity contribution < 1.29 is 9.53 Å². The Kier molecular flexibility index (Phi) is 6.36. The summed E-state index contributed by atoms with van der Waals surface area (Å²) >= 11 is 0. The lowest BCUT2D eigenvalue weighted by Gasteiger charge is -2.38. The van der Waals surface area contributed by atoms with Crippen LogP contribution in [0.25, 0.3) is 11.3 Å². The van der Waals surface area contributed by atoms with Crippen molar-refractivity contribution in [2.45, 2.75) is 45.1 Å². The standard InChI is InChI=1S/C25H33N7O2/c1-17(33)31-9-5-22(29-20-6-10-34-11-7-20)21(16-31)25(26)32-8-3-4-18-12-23(27-14-24(18)32)19-13-28-30(2)15-19/h12-15,20,26,29H,3-11,16H2,1-2H3. The van der Waals surface area contributed by atoms with Crippen LogP contribution in [-0.4, -0.2) is 70.3 Å². The summed E-state index contributed by atoms with van der Waals surface area (Å²) in [5.74, 6) is 0.523. The minimum atomic E-state index is 0.0530. The number of carbonyl (C=O) groups excluding carboxylic acids is 1. The molecule has 0 saturated carbocycles. The minimum Gasteiger partial charge on any atom is -0.385 e. The summed E-state index contributed by atoms with van der Waals surface area (Å²) in [4.78, 5) is 20.8. The van der Waals surface area contributed by atoms with Crippen molar-refractivity contribution in [1.82, 2.24) is 25.0 Å². The number of pyridine rings is 1. The lowest BCUT2D eigenvalue weighted by atomic mass is 9.97. The van der Waals surface area contributed by atoms with Crippen LogP contribution in [0.1, 0.15) is 38.2 Å². The summed E-state index contributed by atoms with van der Waals surface area (Å²) < 4.78 is 7.30. The van der Waals surface area contributed by atoms with Crippen LogP contribution in [0, 0.1) is 5.41 Å².